The highest BCUT2D eigenvalue weighted by Crippen LogP contribution is 2.44. The van der Waals surface area contributed by atoms with Crippen LogP contribution < -0.4 is 14.4 Å². The molecule has 1 aromatic heterocycles. The van der Waals surface area contributed by atoms with Crippen molar-refractivity contribution < 1.29 is 33.7 Å². The van der Waals surface area contributed by atoms with Crippen LogP contribution >= 0.6 is 11.3 Å². The number of Topliss-reactive ketones (excluding diaryl/α,β-unsaturated/α-hetero) is 1. The summed E-state index contributed by atoms with van der Waals surface area (Å²) in [6.07, 6.45) is 1.59. The van der Waals surface area contributed by atoms with Gasteiger partial charge in [-0.2, -0.15) is 0 Å². The zero-order valence-corrected chi connectivity index (χ0v) is 21.2. The summed E-state index contributed by atoms with van der Waals surface area (Å²) in [5.74, 6) is -1.68. The van der Waals surface area contributed by atoms with Crippen molar-refractivity contribution in [3.05, 3.63) is 88.5 Å². The van der Waals surface area contributed by atoms with E-state index in [4.69, 9.17) is 14.2 Å². The fraction of sp³-hybridized carbons (Fsp3) is 0.185. The van der Waals surface area contributed by atoms with Gasteiger partial charge in [0, 0.05) is 5.56 Å². The molecule has 1 fully saturated rings. The number of rotatable bonds is 8. The first-order valence-electron chi connectivity index (χ1n) is 11.2. The van der Waals surface area contributed by atoms with Gasteiger partial charge in [0.2, 0.25) is 0 Å². The molecule has 0 spiro atoms. The number of anilines is 1. The zero-order valence-electron chi connectivity index (χ0n) is 20.4. The van der Waals surface area contributed by atoms with E-state index >= 15 is 0 Å². The number of hydrogen-bond acceptors (Lipinski definition) is 9. The van der Waals surface area contributed by atoms with Crippen molar-refractivity contribution in [2.75, 3.05) is 25.7 Å². The molecule has 9 nitrogen and oxygen atoms in total. The Labute approximate surface area is 217 Å². The normalized spacial score (nSPS) is 16.5. The van der Waals surface area contributed by atoms with E-state index in [1.165, 1.54) is 19.1 Å². The fourth-order valence-corrected chi connectivity index (χ4v) is 4.96. The highest BCUT2D eigenvalue weighted by Gasteiger charge is 2.48. The quantitative estimate of drug-likeness (QED) is 0.152. The van der Waals surface area contributed by atoms with E-state index in [0.29, 0.717) is 28.3 Å². The Hall–Kier alpha value is -4.44. The lowest BCUT2D eigenvalue weighted by molar-refractivity contribution is -0.132. The molecule has 1 unspecified atom stereocenters. The van der Waals surface area contributed by atoms with Gasteiger partial charge in [-0.3, -0.25) is 14.5 Å². The van der Waals surface area contributed by atoms with Crippen LogP contribution in [0.2, 0.25) is 0 Å². The number of ketones is 1. The van der Waals surface area contributed by atoms with Gasteiger partial charge in [0.1, 0.15) is 28.7 Å². The summed E-state index contributed by atoms with van der Waals surface area (Å²) in [4.78, 5) is 44.7. The number of hydrogen-bond donors (Lipinski definition) is 1. The number of methoxy groups -OCH3 is 2. The van der Waals surface area contributed by atoms with Crippen LogP contribution in [0.5, 0.6) is 11.5 Å². The molecule has 0 saturated carbocycles. The fourth-order valence-electron chi connectivity index (χ4n) is 3.95. The molecule has 1 saturated heterocycles. The van der Waals surface area contributed by atoms with Crippen molar-refractivity contribution in [2.24, 2.45) is 0 Å². The molecular weight excluding hydrogens is 496 g/mol. The smallest absolute Gasteiger partial charge is 0.350 e. The second-order valence-electron chi connectivity index (χ2n) is 7.97. The van der Waals surface area contributed by atoms with Crippen molar-refractivity contribution in [3.63, 3.8) is 0 Å². The number of esters is 1. The first-order chi connectivity index (χ1) is 17.8. The Bertz CT molecular complexity index is 1410. The molecule has 0 bridgehead atoms. The number of amides is 1. The van der Waals surface area contributed by atoms with Crippen molar-refractivity contribution in [3.8, 4) is 11.5 Å². The van der Waals surface area contributed by atoms with Gasteiger partial charge in [-0.1, -0.05) is 36.1 Å². The number of aryl methyl sites for hydroxylation is 1. The minimum Gasteiger partial charge on any atom is -0.507 e. The number of aliphatic hydroxyl groups is 1. The number of aromatic nitrogens is 1. The van der Waals surface area contributed by atoms with Gasteiger partial charge < -0.3 is 19.3 Å². The van der Waals surface area contributed by atoms with E-state index in [-0.39, 0.29) is 27.9 Å². The summed E-state index contributed by atoms with van der Waals surface area (Å²) in [7, 11) is 2.76. The SMILES string of the molecule is C=CCOc1cccc(C2/C(=C(\O)c3ccc(OC)cc3)C(=O)C(=O)N2c2nc(C)c(C(=O)OC)s2)c1. The predicted molar refractivity (Wildman–Crippen MR) is 138 cm³/mol. The number of aliphatic hydroxyl groups excluding tert-OH is 1. The summed E-state index contributed by atoms with van der Waals surface area (Å²) in [6, 6.07) is 12.2. The third-order valence-electron chi connectivity index (χ3n) is 5.71. The molecule has 1 amide bonds. The Morgan fingerprint density at radius 3 is 2.54 bits per heavy atom. The van der Waals surface area contributed by atoms with Crippen LogP contribution in [0.25, 0.3) is 5.76 Å². The molecule has 3 aromatic rings. The summed E-state index contributed by atoms with van der Waals surface area (Å²) < 4.78 is 15.6. The summed E-state index contributed by atoms with van der Waals surface area (Å²) in [5.41, 5.74) is 1.06. The summed E-state index contributed by atoms with van der Waals surface area (Å²) >= 11 is 0.928. The molecule has 1 aliphatic rings. The predicted octanol–water partition coefficient (Wildman–Crippen LogP) is 4.44. The topological polar surface area (TPSA) is 115 Å². The number of benzene rings is 2. The second kappa shape index (κ2) is 10.7. The average Bonchev–Trinajstić information content (AvgIpc) is 3.43. The van der Waals surface area contributed by atoms with Crippen LogP contribution in [0.1, 0.15) is 32.5 Å². The molecule has 4 rings (SSSR count). The van der Waals surface area contributed by atoms with Crippen molar-refractivity contribution in [2.45, 2.75) is 13.0 Å². The lowest BCUT2D eigenvalue weighted by Crippen LogP contribution is -2.29. The maximum atomic E-state index is 13.4. The lowest BCUT2D eigenvalue weighted by Gasteiger charge is -2.23. The van der Waals surface area contributed by atoms with E-state index in [0.717, 1.165) is 11.3 Å². The molecule has 0 aliphatic carbocycles. The van der Waals surface area contributed by atoms with E-state index in [1.54, 1.807) is 61.5 Å². The van der Waals surface area contributed by atoms with Crippen LogP contribution in [0.4, 0.5) is 5.13 Å². The summed E-state index contributed by atoms with van der Waals surface area (Å²) in [6.45, 7) is 5.51. The first-order valence-corrected chi connectivity index (χ1v) is 12.0. The van der Waals surface area contributed by atoms with Crippen LogP contribution in [-0.2, 0) is 14.3 Å². The standard InChI is InChI=1S/C27H24N2O7S/c1-5-13-36-19-8-6-7-17(14-19)21-20(22(30)16-9-11-18(34-3)12-10-16)23(31)25(32)29(21)27-28-15(2)24(37-27)26(33)35-4/h5-12,14,21,30H,1,13H2,2-4H3/b22-20+. The third-order valence-corrected chi connectivity index (χ3v) is 6.85. The highest BCUT2D eigenvalue weighted by atomic mass is 32.1. The Morgan fingerprint density at radius 1 is 1.16 bits per heavy atom. The molecule has 2 aromatic carbocycles. The zero-order chi connectivity index (χ0) is 26.7. The average molecular weight is 521 g/mol. The minimum atomic E-state index is -1.04. The maximum absolute atomic E-state index is 13.4. The third kappa shape index (κ3) is 4.83. The molecule has 1 atom stereocenters. The molecule has 37 heavy (non-hydrogen) atoms. The molecule has 10 heteroatoms. The molecular formula is C27H24N2O7S. The first kappa shape index (κ1) is 25.6. The Morgan fingerprint density at radius 2 is 1.89 bits per heavy atom. The number of carbonyl (C=O) groups excluding carboxylic acids is 3. The number of nitrogens with zero attached hydrogens (tertiary/aromatic N) is 2. The number of carbonyl (C=O) groups is 3. The second-order valence-corrected chi connectivity index (χ2v) is 8.95. The van der Waals surface area contributed by atoms with Crippen molar-refractivity contribution in [1.29, 1.82) is 0 Å². The van der Waals surface area contributed by atoms with Crippen molar-refractivity contribution in [1.82, 2.24) is 4.98 Å². The van der Waals surface area contributed by atoms with Gasteiger partial charge in [-0.25, -0.2) is 9.78 Å². The number of ether oxygens (including phenoxy) is 3. The van der Waals surface area contributed by atoms with Crippen LogP contribution in [-0.4, -0.2) is 48.6 Å². The summed E-state index contributed by atoms with van der Waals surface area (Å²) in [5, 5.41) is 11.4. The van der Waals surface area contributed by atoms with Gasteiger partial charge in [-0.15, -0.1) is 0 Å². The van der Waals surface area contributed by atoms with E-state index < -0.39 is 23.7 Å². The van der Waals surface area contributed by atoms with E-state index in [9.17, 15) is 19.5 Å². The lowest BCUT2D eigenvalue weighted by atomic mass is 9.95. The van der Waals surface area contributed by atoms with E-state index in [2.05, 4.69) is 11.6 Å². The van der Waals surface area contributed by atoms with E-state index in [1.807, 2.05) is 0 Å². The van der Waals surface area contributed by atoms with Crippen molar-refractivity contribution >= 4 is 39.9 Å². The van der Waals surface area contributed by atoms with Crippen LogP contribution in [0, 0.1) is 6.92 Å². The Kier molecular flexibility index (Phi) is 7.40. The van der Waals surface area contributed by atoms with Crippen LogP contribution in [0.3, 0.4) is 0 Å². The molecule has 1 N–H and O–H groups in total. The minimum absolute atomic E-state index is 0.121. The van der Waals surface area contributed by atoms with Crippen LogP contribution in [0.15, 0.2) is 66.8 Å². The van der Waals surface area contributed by atoms with Gasteiger partial charge >= 0.3 is 11.9 Å². The van der Waals surface area contributed by atoms with Gasteiger partial charge in [0.25, 0.3) is 5.78 Å². The molecule has 190 valence electrons. The molecule has 2 heterocycles. The Balaban J connectivity index is 1.91. The molecule has 1 aliphatic heterocycles. The monoisotopic (exact) mass is 520 g/mol. The highest BCUT2D eigenvalue weighted by molar-refractivity contribution is 7.17. The van der Waals surface area contributed by atoms with Gasteiger partial charge in [0.15, 0.2) is 5.13 Å². The largest absolute Gasteiger partial charge is 0.507 e. The van der Waals surface area contributed by atoms with Gasteiger partial charge in [-0.05, 0) is 48.9 Å². The van der Waals surface area contributed by atoms with Gasteiger partial charge in [0.05, 0.1) is 31.5 Å². The number of thiazole rings is 1. The molecule has 0 radical (unpaired) electrons. The maximum Gasteiger partial charge on any atom is 0.350 e.